The van der Waals surface area contributed by atoms with E-state index in [1.165, 1.54) is 120 Å². The summed E-state index contributed by atoms with van der Waals surface area (Å²) in [5.74, 6) is 2.70. The minimum absolute atomic E-state index is 0.306. The summed E-state index contributed by atoms with van der Waals surface area (Å²) in [5.41, 5.74) is 10.5. The molecule has 0 radical (unpaired) electrons. The van der Waals surface area contributed by atoms with E-state index in [0.29, 0.717) is 5.41 Å². The number of hydrogen-bond acceptors (Lipinski definition) is 2. The molecule has 0 saturated heterocycles. The number of benzene rings is 8. The second kappa shape index (κ2) is 12.7. The molecule has 0 amide bonds. The first-order chi connectivity index (χ1) is 27.7. The normalized spacial score (nSPS) is 21.4. The lowest BCUT2D eigenvalue weighted by molar-refractivity contribution is -0.00449. The third-order valence-electron chi connectivity index (χ3n) is 13.8. The molecule has 9 aromatic rings. The van der Waals surface area contributed by atoms with E-state index in [9.17, 15) is 0 Å². The van der Waals surface area contributed by atoms with Crippen LogP contribution in [0.5, 0.6) is 0 Å². The Morgan fingerprint density at radius 1 is 0.446 bits per heavy atom. The summed E-state index contributed by atoms with van der Waals surface area (Å²) in [6, 6.07) is 64.0. The zero-order valence-corrected chi connectivity index (χ0v) is 32.3. The maximum atomic E-state index is 2.58. The maximum Gasteiger partial charge on any atom is 0.0540 e. The van der Waals surface area contributed by atoms with Crippen molar-refractivity contribution in [2.75, 3.05) is 4.90 Å². The monoisotopic (exact) mass is 737 g/mol. The fourth-order valence-corrected chi connectivity index (χ4v) is 13.0. The summed E-state index contributed by atoms with van der Waals surface area (Å²) in [7, 11) is 0. The van der Waals surface area contributed by atoms with Crippen LogP contribution < -0.4 is 4.90 Å². The summed E-state index contributed by atoms with van der Waals surface area (Å²) in [6.07, 6.45) is 8.46. The van der Waals surface area contributed by atoms with Gasteiger partial charge in [0.25, 0.3) is 0 Å². The fraction of sp³-hybridized carbons (Fsp3) is 0.185. The summed E-state index contributed by atoms with van der Waals surface area (Å²) in [4.78, 5) is 2.58. The summed E-state index contributed by atoms with van der Waals surface area (Å²) in [5, 5.41) is 7.96. The van der Waals surface area contributed by atoms with Crippen molar-refractivity contribution in [3.63, 3.8) is 0 Å². The topological polar surface area (TPSA) is 3.24 Å². The van der Waals surface area contributed by atoms with E-state index < -0.39 is 0 Å². The van der Waals surface area contributed by atoms with Crippen LogP contribution in [0.3, 0.4) is 0 Å². The van der Waals surface area contributed by atoms with Crippen LogP contribution in [0.2, 0.25) is 0 Å². The van der Waals surface area contributed by atoms with Crippen LogP contribution in [0.1, 0.15) is 44.1 Å². The second-order valence-corrected chi connectivity index (χ2v) is 18.2. The van der Waals surface area contributed by atoms with Crippen LogP contribution in [0, 0.1) is 17.8 Å². The molecule has 1 heterocycles. The molecular formula is C54H43NS. The van der Waals surface area contributed by atoms with E-state index in [0.717, 1.165) is 17.8 Å². The van der Waals surface area contributed by atoms with Crippen LogP contribution in [0.4, 0.5) is 17.1 Å². The van der Waals surface area contributed by atoms with Gasteiger partial charge in [0.1, 0.15) is 0 Å². The Bertz CT molecular complexity index is 2930. The summed E-state index contributed by atoms with van der Waals surface area (Å²) < 4.78 is 2.66. The molecule has 4 aliphatic rings. The third-order valence-corrected chi connectivity index (χ3v) is 14.9. The van der Waals surface area contributed by atoms with Crippen LogP contribution in [0.15, 0.2) is 170 Å². The first kappa shape index (κ1) is 32.5. The standard InChI is InChI=1S/C54H43NS/c1-2-12-38(13-3-1)41-20-10-14-39-15-11-21-46(53(39)41)44-18-6-8-22-49(44)55(40-24-27-52-47(31-40)45-19-7-9-23-51(45)56-52)50-26-25-48(42-16-4-5-17-43(42)50)54-32-35-28-36(33-54)30-37(29-35)34-54/h1-27,31,35-37H,28-30,32-34H2. The molecule has 4 aliphatic carbocycles. The van der Waals surface area contributed by atoms with Gasteiger partial charge >= 0.3 is 0 Å². The van der Waals surface area contributed by atoms with E-state index in [4.69, 9.17) is 0 Å². The van der Waals surface area contributed by atoms with E-state index >= 15 is 0 Å². The van der Waals surface area contributed by atoms with Crippen molar-refractivity contribution in [2.24, 2.45) is 17.8 Å². The van der Waals surface area contributed by atoms with Crippen molar-refractivity contribution < 1.29 is 0 Å². The summed E-state index contributed by atoms with van der Waals surface area (Å²) in [6.45, 7) is 0. The minimum atomic E-state index is 0.306. The minimum Gasteiger partial charge on any atom is -0.309 e. The molecule has 0 N–H and O–H groups in total. The molecule has 4 saturated carbocycles. The van der Waals surface area contributed by atoms with Gasteiger partial charge in [0.2, 0.25) is 0 Å². The molecule has 0 spiro atoms. The zero-order valence-electron chi connectivity index (χ0n) is 31.5. The van der Waals surface area contributed by atoms with Gasteiger partial charge in [-0.15, -0.1) is 11.3 Å². The van der Waals surface area contributed by atoms with Crippen LogP contribution in [-0.2, 0) is 5.41 Å². The van der Waals surface area contributed by atoms with Gasteiger partial charge in [-0.3, -0.25) is 0 Å². The highest BCUT2D eigenvalue weighted by atomic mass is 32.1. The Balaban J connectivity index is 1.12. The first-order valence-corrected chi connectivity index (χ1v) is 21.4. The molecule has 4 bridgehead atoms. The predicted octanol–water partition coefficient (Wildman–Crippen LogP) is 15.6. The van der Waals surface area contributed by atoms with Crippen molar-refractivity contribution in [1.29, 1.82) is 0 Å². The zero-order chi connectivity index (χ0) is 36.8. The van der Waals surface area contributed by atoms with Gasteiger partial charge < -0.3 is 4.90 Å². The van der Waals surface area contributed by atoms with Gasteiger partial charge in [-0.05, 0) is 137 Å². The fourth-order valence-electron chi connectivity index (χ4n) is 12.0. The third kappa shape index (κ3) is 5.05. The lowest BCUT2D eigenvalue weighted by atomic mass is 9.47. The molecule has 4 fully saturated rings. The van der Waals surface area contributed by atoms with Crippen molar-refractivity contribution in [3.8, 4) is 22.3 Å². The lowest BCUT2D eigenvalue weighted by Crippen LogP contribution is -2.48. The SMILES string of the molecule is c1ccc(-c2cccc3cccc(-c4ccccc4N(c4ccc5sc6ccccc6c5c4)c4ccc(C56CC7CC(CC(C7)C5)C6)c5ccccc45)c23)cc1. The molecule has 8 aromatic carbocycles. The second-order valence-electron chi connectivity index (χ2n) is 17.1. The van der Waals surface area contributed by atoms with Crippen LogP contribution >= 0.6 is 11.3 Å². The van der Waals surface area contributed by atoms with Crippen LogP contribution in [0.25, 0.3) is 64.0 Å². The van der Waals surface area contributed by atoms with Gasteiger partial charge in [-0.25, -0.2) is 0 Å². The Labute approximate surface area is 332 Å². The number of rotatable bonds is 6. The molecular weight excluding hydrogens is 695 g/mol. The number of nitrogens with zero attached hydrogens (tertiary/aromatic N) is 1. The van der Waals surface area contributed by atoms with E-state index in [2.05, 4.69) is 175 Å². The molecule has 2 heteroatoms. The molecule has 1 aromatic heterocycles. The van der Waals surface area contributed by atoms with Crippen molar-refractivity contribution in [3.05, 3.63) is 175 Å². The number of para-hydroxylation sites is 1. The van der Waals surface area contributed by atoms with Crippen molar-refractivity contribution >= 4 is 70.1 Å². The van der Waals surface area contributed by atoms with Crippen LogP contribution in [-0.4, -0.2) is 0 Å². The number of anilines is 3. The average Bonchev–Trinajstić information content (AvgIpc) is 3.61. The number of thiophene rings is 1. The quantitative estimate of drug-likeness (QED) is 0.164. The Hall–Kier alpha value is -5.70. The molecule has 1 nitrogen and oxygen atoms in total. The largest absolute Gasteiger partial charge is 0.309 e. The smallest absolute Gasteiger partial charge is 0.0540 e. The van der Waals surface area contributed by atoms with E-state index in [1.54, 1.807) is 5.56 Å². The number of fused-ring (bicyclic) bond motifs is 5. The lowest BCUT2D eigenvalue weighted by Gasteiger charge is -2.57. The van der Waals surface area contributed by atoms with Gasteiger partial charge in [0.05, 0.1) is 11.4 Å². The first-order valence-electron chi connectivity index (χ1n) is 20.6. The highest BCUT2D eigenvalue weighted by Crippen LogP contribution is 2.62. The molecule has 0 unspecified atom stereocenters. The molecule has 0 aliphatic heterocycles. The molecule has 56 heavy (non-hydrogen) atoms. The highest BCUT2D eigenvalue weighted by Gasteiger charge is 2.52. The Morgan fingerprint density at radius 2 is 1.07 bits per heavy atom. The highest BCUT2D eigenvalue weighted by molar-refractivity contribution is 7.25. The molecule has 13 rings (SSSR count). The van der Waals surface area contributed by atoms with Gasteiger partial charge in [-0.1, -0.05) is 133 Å². The summed E-state index contributed by atoms with van der Waals surface area (Å²) >= 11 is 1.89. The Morgan fingerprint density at radius 3 is 1.86 bits per heavy atom. The van der Waals surface area contributed by atoms with Gasteiger partial charge in [0, 0.05) is 36.8 Å². The molecule has 270 valence electrons. The maximum absolute atomic E-state index is 2.58. The van der Waals surface area contributed by atoms with Crippen molar-refractivity contribution in [2.45, 2.75) is 43.9 Å². The predicted molar refractivity (Wildman–Crippen MR) is 240 cm³/mol. The van der Waals surface area contributed by atoms with Gasteiger partial charge in [-0.2, -0.15) is 0 Å². The van der Waals surface area contributed by atoms with E-state index in [1.807, 2.05) is 11.3 Å². The average molecular weight is 738 g/mol. The van der Waals surface area contributed by atoms with Crippen molar-refractivity contribution in [1.82, 2.24) is 0 Å². The Kier molecular flexibility index (Phi) is 7.36. The number of hydrogen-bond donors (Lipinski definition) is 0. The van der Waals surface area contributed by atoms with Gasteiger partial charge in [0.15, 0.2) is 0 Å². The van der Waals surface area contributed by atoms with E-state index in [-0.39, 0.29) is 0 Å². The molecule has 0 atom stereocenters.